The van der Waals surface area contributed by atoms with E-state index >= 15 is 0 Å². The van der Waals surface area contributed by atoms with Gasteiger partial charge >= 0.3 is 0 Å². The number of amides is 3. The summed E-state index contributed by atoms with van der Waals surface area (Å²) in [5, 5.41) is 0.589. The molecule has 1 aliphatic rings. The minimum absolute atomic E-state index is 0.101. The van der Waals surface area contributed by atoms with Crippen molar-refractivity contribution in [2.24, 2.45) is 0 Å². The predicted octanol–water partition coefficient (Wildman–Crippen LogP) is 4.37. The summed E-state index contributed by atoms with van der Waals surface area (Å²) < 4.78 is 10.4. The first kappa shape index (κ1) is 24.3. The van der Waals surface area contributed by atoms with Crippen LogP contribution in [0.5, 0.6) is 11.5 Å². The number of hydrogen-bond acceptors (Lipinski definition) is 5. The Morgan fingerprint density at radius 1 is 0.971 bits per heavy atom. The van der Waals surface area contributed by atoms with E-state index in [1.807, 2.05) is 18.2 Å². The normalized spacial score (nSPS) is 15.3. The lowest BCUT2D eigenvalue weighted by molar-refractivity contribution is -0.122. The highest BCUT2D eigenvalue weighted by molar-refractivity contribution is 6.30. The zero-order chi connectivity index (χ0) is 24.9. The second-order valence-corrected chi connectivity index (χ2v) is 8.53. The van der Waals surface area contributed by atoms with Crippen LogP contribution in [-0.2, 0) is 16.0 Å². The quantitative estimate of drug-likeness (QED) is 0.436. The van der Waals surface area contributed by atoms with E-state index in [2.05, 4.69) is 0 Å². The monoisotopic (exact) mass is 492 g/mol. The van der Waals surface area contributed by atoms with Gasteiger partial charge in [0.2, 0.25) is 5.91 Å². The fourth-order valence-corrected chi connectivity index (χ4v) is 4.34. The maximum atomic E-state index is 13.6. The molecule has 1 fully saturated rings. The van der Waals surface area contributed by atoms with Gasteiger partial charge in [-0.05, 0) is 66.6 Å². The van der Waals surface area contributed by atoms with Crippen molar-refractivity contribution >= 4 is 35.0 Å². The van der Waals surface area contributed by atoms with Crippen LogP contribution in [-0.4, -0.2) is 49.4 Å². The van der Waals surface area contributed by atoms with Gasteiger partial charge in [0, 0.05) is 17.1 Å². The van der Waals surface area contributed by atoms with E-state index in [9.17, 15) is 14.4 Å². The molecule has 4 rings (SSSR count). The van der Waals surface area contributed by atoms with Gasteiger partial charge in [0.1, 0.15) is 17.5 Å². The van der Waals surface area contributed by atoms with E-state index in [1.165, 1.54) is 12.0 Å². The van der Waals surface area contributed by atoms with Crippen LogP contribution in [0.4, 0.5) is 5.69 Å². The van der Waals surface area contributed by atoms with Gasteiger partial charge in [-0.1, -0.05) is 29.8 Å². The second-order valence-electron chi connectivity index (χ2n) is 8.10. The summed E-state index contributed by atoms with van der Waals surface area (Å²) in [6.07, 6.45) is 0.368. The van der Waals surface area contributed by atoms with E-state index in [1.54, 1.807) is 61.7 Å². The third-order valence-corrected chi connectivity index (χ3v) is 6.17. The van der Waals surface area contributed by atoms with Crippen molar-refractivity contribution in [2.45, 2.75) is 18.9 Å². The molecule has 180 valence electrons. The maximum absolute atomic E-state index is 13.6. The second kappa shape index (κ2) is 10.6. The molecular formula is C27H25ClN2O5. The number of halogens is 1. The predicted molar refractivity (Wildman–Crippen MR) is 133 cm³/mol. The Kier molecular flexibility index (Phi) is 7.36. The highest BCUT2D eigenvalue weighted by Crippen LogP contribution is 2.29. The van der Waals surface area contributed by atoms with Crippen molar-refractivity contribution in [1.29, 1.82) is 0 Å². The fourth-order valence-electron chi connectivity index (χ4n) is 4.12. The molecule has 1 unspecified atom stereocenters. The number of benzene rings is 3. The lowest BCUT2D eigenvalue weighted by Gasteiger charge is -2.28. The van der Waals surface area contributed by atoms with Gasteiger partial charge in [-0.3, -0.25) is 14.4 Å². The molecule has 0 aliphatic carbocycles. The van der Waals surface area contributed by atoms with Gasteiger partial charge in [0.15, 0.2) is 0 Å². The summed E-state index contributed by atoms with van der Waals surface area (Å²) in [6, 6.07) is 19.8. The number of methoxy groups -OCH3 is 2. The van der Waals surface area contributed by atoms with Crippen molar-refractivity contribution in [1.82, 2.24) is 4.90 Å². The van der Waals surface area contributed by atoms with E-state index in [0.717, 1.165) is 10.5 Å². The van der Waals surface area contributed by atoms with Crippen molar-refractivity contribution in [2.75, 3.05) is 25.7 Å². The number of imide groups is 1. The molecule has 1 atom stereocenters. The number of carbonyl (C=O) groups is 3. The van der Waals surface area contributed by atoms with Gasteiger partial charge in [0.25, 0.3) is 11.8 Å². The standard InChI is InChI=1S/C27H25ClN2O5/c1-34-22-11-9-21(10-12-22)30-25(31)17-24(27(30)33)29(14-13-18-5-3-7-20(28)15-18)26(32)19-6-4-8-23(16-19)35-2/h3-12,15-16,24H,13-14,17H2,1-2H3. The largest absolute Gasteiger partial charge is 0.497 e. The van der Waals surface area contributed by atoms with Crippen LogP contribution in [0.1, 0.15) is 22.3 Å². The van der Waals surface area contributed by atoms with Crippen LogP contribution in [0.15, 0.2) is 72.8 Å². The van der Waals surface area contributed by atoms with Gasteiger partial charge in [-0.2, -0.15) is 0 Å². The van der Waals surface area contributed by atoms with E-state index in [-0.39, 0.29) is 24.8 Å². The molecule has 0 N–H and O–H groups in total. The molecule has 3 aromatic carbocycles. The molecule has 0 bridgehead atoms. The van der Waals surface area contributed by atoms with Crippen LogP contribution in [0.25, 0.3) is 0 Å². The lowest BCUT2D eigenvalue weighted by atomic mass is 10.1. The summed E-state index contributed by atoms with van der Waals surface area (Å²) in [6.45, 7) is 0.233. The molecular weight excluding hydrogens is 468 g/mol. The summed E-state index contributed by atoms with van der Waals surface area (Å²) >= 11 is 6.12. The third-order valence-electron chi connectivity index (χ3n) is 5.94. The molecule has 0 spiro atoms. The van der Waals surface area contributed by atoms with Crippen LogP contribution in [0.2, 0.25) is 5.02 Å². The highest BCUT2D eigenvalue weighted by atomic mass is 35.5. The van der Waals surface area contributed by atoms with Gasteiger partial charge in [-0.15, -0.1) is 0 Å². The molecule has 1 aliphatic heterocycles. The van der Waals surface area contributed by atoms with E-state index < -0.39 is 11.9 Å². The molecule has 0 radical (unpaired) electrons. The van der Waals surface area contributed by atoms with Gasteiger partial charge < -0.3 is 14.4 Å². The Hall–Kier alpha value is -3.84. The Morgan fingerprint density at radius 2 is 1.69 bits per heavy atom. The smallest absolute Gasteiger partial charge is 0.257 e. The highest BCUT2D eigenvalue weighted by Gasteiger charge is 2.44. The van der Waals surface area contributed by atoms with Gasteiger partial charge in [-0.25, -0.2) is 4.90 Å². The topological polar surface area (TPSA) is 76.2 Å². The van der Waals surface area contributed by atoms with Crippen molar-refractivity contribution in [3.8, 4) is 11.5 Å². The average molecular weight is 493 g/mol. The molecule has 0 aromatic heterocycles. The van der Waals surface area contributed by atoms with Crippen molar-refractivity contribution in [3.05, 3.63) is 88.9 Å². The maximum Gasteiger partial charge on any atom is 0.257 e. The Labute approximate surface area is 208 Å². The molecule has 7 nitrogen and oxygen atoms in total. The Bertz CT molecular complexity index is 1240. The van der Waals surface area contributed by atoms with Crippen molar-refractivity contribution in [3.63, 3.8) is 0 Å². The molecule has 3 aromatic rings. The molecule has 8 heteroatoms. The first-order valence-corrected chi connectivity index (χ1v) is 11.5. The number of rotatable bonds is 8. The summed E-state index contributed by atoms with van der Waals surface area (Å²) in [5.41, 5.74) is 1.73. The average Bonchev–Trinajstić information content (AvgIpc) is 3.17. The number of hydrogen-bond donors (Lipinski definition) is 0. The van der Waals surface area contributed by atoms with Crippen LogP contribution in [0.3, 0.4) is 0 Å². The summed E-state index contributed by atoms with van der Waals surface area (Å²) in [4.78, 5) is 42.6. The molecule has 1 heterocycles. The van der Waals surface area contributed by atoms with Crippen molar-refractivity contribution < 1.29 is 23.9 Å². The number of anilines is 1. The zero-order valence-corrected chi connectivity index (χ0v) is 20.2. The van der Waals surface area contributed by atoms with Crippen LogP contribution < -0.4 is 14.4 Å². The first-order valence-electron chi connectivity index (χ1n) is 11.1. The number of ether oxygens (including phenoxy) is 2. The van der Waals surface area contributed by atoms with E-state index in [0.29, 0.717) is 34.2 Å². The number of carbonyl (C=O) groups excluding carboxylic acids is 3. The molecule has 1 saturated heterocycles. The third kappa shape index (κ3) is 5.30. The molecule has 35 heavy (non-hydrogen) atoms. The summed E-state index contributed by atoms with van der Waals surface area (Å²) in [7, 11) is 3.06. The Morgan fingerprint density at radius 3 is 2.37 bits per heavy atom. The Balaban J connectivity index is 1.64. The first-order chi connectivity index (χ1) is 16.9. The lowest BCUT2D eigenvalue weighted by Crippen LogP contribution is -2.46. The zero-order valence-electron chi connectivity index (χ0n) is 19.4. The number of nitrogens with zero attached hydrogens (tertiary/aromatic N) is 2. The van der Waals surface area contributed by atoms with E-state index in [4.69, 9.17) is 21.1 Å². The SMILES string of the molecule is COc1ccc(N2C(=O)CC(N(CCc3cccc(Cl)c3)C(=O)c3cccc(OC)c3)C2=O)cc1. The van der Waals surface area contributed by atoms with Crippen LogP contribution >= 0.6 is 11.6 Å². The summed E-state index contributed by atoms with van der Waals surface area (Å²) in [5.74, 6) is -0.0207. The molecule has 3 amide bonds. The van der Waals surface area contributed by atoms with Gasteiger partial charge in [0.05, 0.1) is 26.3 Å². The molecule has 0 saturated carbocycles. The fraction of sp³-hybridized carbons (Fsp3) is 0.222. The minimum atomic E-state index is -0.928. The minimum Gasteiger partial charge on any atom is -0.497 e. The van der Waals surface area contributed by atoms with Crippen LogP contribution in [0, 0.1) is 0 Å².